The lowest BCUT2D eigenvalue weighted by atomic mass is 10.2. The van der Waals surface area contributed by atoms with Crippen LogP contribution in [0.2, 0.25) is 0 Å². The Hall–Kier alpha value is -1.09. The minimum Gasteiger partial charge on any atom is -0.334 e. The Morgan fingerprint density at radius 2 is 2.00 bits per heavy atom. The first-order valence-electron chi connectivity index (χ1n) is 4.63. The molecular weight excluding hydrogens is 345 g/mol. The summed E-state index contributed by atoms with van der Waals surface area (Å²) in [6.45, 7) is -0.397. The SMILES string of the molecule is FC(F)(I)OCc1noc(-c2ccccc2)n1. The fourth-order valence-electron chi connectivity index (χ4n) is 1.16. The minimum atomic E-state index is -3.23. The van der Waals surface area contributed by atoms with Crippen molar-refractivity contribution < 1.29 is 18.0 Å². The highest BCUT2D eigenvalue weighted by Gasteiger charge is 2.25. The molecule has 0 atom stereocenters. The van der Waals surface area contributed by atoms with Gasteiger partial charge in [-0.2, -0.15) is 13.8 Å². The van der Waals surface area contributed by atoms with E-state index in [-0.39, 0.29) is 11.7 Å². The molecular formula is C10H7F2IN2O2. The molecule has 4 nitrogen and oxygen atoms in total. The van der Waals surface area contributed by atoms with E-state index in [4.69, 9.17) is 4.52 Å². The minimum absolute atomic E-state index is 0.0835. The molecule has 0 bridgehead atoms. The molecule has 0 radical (unpaired) electrons. The topological polar surface area (TPSA) is 48.2 Å². The lowest BCUT2D eigenvalue weighted by Gasteiger charge is -2.05. The first kappa shape index (κ1) is 12.4. The van der Waals surface area contributed by atoms with Gasteiger partial charge in [0.05, 0.1) is 0 Å². The summed E-state index contributed by atoms with van der Waals surface area (Å²) in [7, 11) is 0. The van der Waals surface area contributed by atoms with Gasteiger partial charge in [-0.05, 0) is 12.1 Å². The van der Waals surface area contributed by atoms with E-state index < -0.39 is 10.7 Å². The van der Waals surface area contributed by atoms with Gasteiger partial charge in [-0.3, -0.25) is 0 Å². The molecule has 2 aromatic rings. The second-order valence-electron chi connectivity index (χ2n) is 3.12. The highest BCUT2D eigenvalue weighted by atomic mass is 127. The lowest BCUT2D eigenvalue weighted by Crippen LogP contribution is -2.11. The number of hydrogen-bond acceptors (Lipinski definition) is 4. The average molecular weight is 352 g/mol. The molecule has 2 rings (SSSR count). The third kappa shape index (κ3) is 3.70. The number of alkyl halides is 3. The Balaban J connectivity index is 2.07. The number of hydrogen-bond donors (Lipinski definition) is 0. The van der Waals surface area contributed by atoms with Gasteiger partial charge in [-0.1, -0.05) is 23.4 Å². The molecule has 0 aliphatic heterocycles. The van der Waals surface area contributed by atoms with Crippen LogP contribution in [0, 0.1) is 0 Å². The van der Waals surface area contributed by atoms with Crippen molar-refractivity contribution in [3.05, 3.63) is 36.2 Å². The lowest BCUT2D eigenvalue weighted by molar-refractivity contribution is -0.155. The quantitative estimate of drug-likeness (QED) is 0.626. The molecule has 0 fully saturated rings. The van der Waals surface area contributed by atoms with Crippen LogP contribution < -0.4 is 0 Å². The van der Waals surface area contributed by atoms with Gasteiger partial charge in [0.15, 0.2) is 5.82 Å². The molecule has 1 aromatic carbocycles. The fraction of sp³-hybridized carbons (Fsp3) is 0.200. The van der Waals surface area contributed by atoms with Crippen LogP contribution in [0.4, 0.5) is 8.78 Å². The summed E-state index contributed by atoms with van der Waals surface area (Å²) in [6, 6.07) is 9.04. The number of rotatable bonds is 4. The zero-order chi connectivity index (χ0) is 12.3. The number of halogens is 3. The maximum atomic E-state index is 12.4. The number of nitrogens with zero attached hydrogens (tertiary/aromatic N) is 2. The Kier molecular flexibility index (Phi) is 3.67. The van der Waals surface area contributed by atoms with Crippen molar-refractivity contribution in [2.75, 3.05) is 0 Å². The Morgan fingerprint density at radius 1 is 1.29 bits per heavy atom. The van der Waals surface area contributed by atoms with Gasteiger partial charge in [0.2, 0.25) is 0 Å². The van der Waals surface area contributed by atoms with Gasteiger partial charge in [-0.15, -0.1) is 0 Å². The van der Waals surface area contributed by atoms with E-state index in [0.717, 1.165) is 28.2 Å². The molecule has 1 heterocycles. The van der Waals surface area contributed by atoms with Crippen molar-refractivity contribution in [3.8, 4) is 11.5 Å². The fourth-order valence-corrected chi connectivity index (χ4v) is 1.31. The van der Waals surface area contributed by atoms with Crippen LogP contribution in [0.3, 0.4) is 0 Å². The van der Waals surface area contributed by atoms with Crippen molar-refractivity contribution in [1.82, 2.24) is 10.1 Å². The van der Waals surface area contributed by atoms with Gasteiger partial charge in [0.1, 0.15) is 6.61 Å². The third-order valence-electron chi connectivity index (χ3n) is 1.85. The zero-order valence-corrected chi connectivity index (χ0v) is 10.6. The normalized spacial score (nSPS) is 11.7. The van der Waals surface area contributed by atoms with Crippen LogP contribution >= 0.6 is 22.6 Å². The molecule has 0 aliphatic carbocycles. The van der Waals surface area contributed by atoms with E-state index in [2.05, 4.69) is 14.9 Å². The monoisotopic (exact) mass is 352 g/mol. The van der Waals surface area contributed by atoms with E-state index in [9.17, 15) is 8.78 Å². The summed E-state index contributed by atoms with van der Waals surface area (Å²) < 4.78 is 30.8. The maximum absolute atomic E-state index is 12.4. The Labute approximate surface area is 109 Å². The average Bonchev–Trinajstić information content (AvgIpc) is 2.75. The highest BCUT2D eigenvalue weighted by Crippen LogP contribution is 2.25. The van der Waals surface area contributed by atoms with E-state index in [1.165, 1.54) is 0 Å². The summed E-state index contributed by atoms with van der Waals surface area (Å²) >= 11 is 0.880. The summed E-state index contributed by atoms with van der Waals surface area (Å²) in [6.07, 6.45) is 0. The summed E-state index contributed by atoms with van der Waals surface area (Å²) in [4.78, 5) is 3.94. The first-order valence-corrected chi connectivity index (χ1v) is 5.71. The first-order chi connectivity index (χ1) is 8.04. The van der Waals surface area contributed by atoms with Gasteiger partial charge < -0.3 is 9.26 Å². The van der Waals surface area contributed by atoms with Crippen LogP contribution in [-0.2, 0) is 11.3 Å². The standard InChI is InChI=1S/C10H7F2IN2O2/c11-10(12,13)16-6-8-14-9(17-15-8)7-4-2-1-3-5-7/h1-5H,6H2. The predicted octanol–water partition coefficient (Wildman–Crippen LogP) is 3.24. The highest BCUT2D eigenvalue weighted by molar-refractivity contribution is 14.1. The molecule has 7 heteroatoms. The van der Waals surface area contributed by atoms with Gasteiger partial charge in [-0.25, -0.2) is 0 Å². The van der Waals surface area contributed by atoms with Crippen molar-refractivity contribution in [3.63, 3.8) is 0 Å². The summed E-state index contributed by atoms with van der Waals surface area (Å²) in [5.74, 6) is 0.362. The van der Waals surface area contributed by atoms with Crippen LogP contribution in [0.1, 0.15) is 5.82 Å². The van der Waals surface area contributed by atoms with Crippen molar-refractivity contribution in [2.24, 2.45) is 0 Å². The number of aromatic nitrogens is 2. The smallest absolute Gasteiger partial charge is 0.334 e. The Bertz CT molecular complexity index is 485. The second kappa shape index (κ2) is 5.05. The summed E-state index contributed by atoms with van der Waals surface area (Å²) in [5, 5.41) is 3.55. The van der Waals surface area contributed by atoms with Crippen LogP contribution in [0.15, 0.2) is 34.9 Å². The van der Waals surface area contributed by atoms with Crippen molar-refractivity contribution in [2.45, 2.75) is 10.7 Å². The van der Waals surface area contributed by atoms with E-state index in [0.29, 0.717) is 0 Å². The number of ether oxygens (including phenoxy) is 1. The second-order valence-corrected chi connectivity index (χ2v) is 4.37. The molecule has 90 valence electrons. The van der Waals surface area contributed by atoms with Crippen molar-refractivity contribution >= 4 is 22.6 Å². The number of benzene rings is 1. The van der Waals surface area contributed by atoms with Gasteiger partial charge in [0, 0.05) is 28.2 Å². The Morgan fingerprint density at radius 3 is 2.65 bits per heavy atom. The third-order valence-corrected chi connectivity index (χ3v) is 2.17. The molecule has 0 spiro atoms. The molecule has 0 aliphatic rings. The van der Waals surface area contributed by atoms with Crippen LogP contribution in [-0.4, -0.2) is 14.3 Å². The van der Waals surface area contributed by atoms with E-state index in [1.807, 2.05) is 18.2 Å². The van der Waals surface area contributed by atoms with Crippen molar-refractivity contribution in [1.29, 1.82) is 0 Å². The van der Waals surface area contributed by atoms with Crippen LogP contribution in [0.5, 0.6) is 0 Å². The molecule has 17 heavy (non-hydrogen) atoms. The van der Waals surface area contributed by atoms with E-state index >= 15 is 0 Å². The zero-order valence-electron chi connectivity index (χ0n) is 8.44. The maximum Gasteiger partial charge on any atom is 0.408 e. The molecule has 0 N–H and O–H groups in total. The van der Waals surface area contributed by atoms with Gasteiger partial charge in [0.25, 0.3) is 5.89 Å². The van der Waals surface area contributed by atoms with Gasteiger partial charge >= 0.3 is 4.12 Å². The molecule has 0 saturated carbocycles. The molecule has 0 unspecified atom stereocenters. The molecule has 0 saturated heterocycles. The summed E-state index contributed by atoms with van der Waals surface area (Å²) in [5.41, 5.74) is 0.729. The van der Waals surface area contributed by atoms with Crippen LogP contribution in [0.25, 0.3) is 11.5 Å². The predicted molar refractivity (Wildman–Crippen MR) is 63.5 cm³/mol. The molecule has 1 aromatic heterocycles. The largest absolute Gasteiger partial charge is 0.408 e. The molecule has 0 amide bonds. The van der Waals surface area contributed by atoms with E-state index in [1.54, 1.807) is 12.1 Å².